The van der Waals surface area contributed by atoms with Crippen molar-refractivity contribution < 1.29 is 19.4 Å². The predicted molar refractivity (Wildman–Crippen MR) is 71.6 cm³/mol. The van der Waals surface area contributed by atoms with Gasteiger partial charge in [0.2, 0.25) is 0 Å². The molecule has 0 saturated carbocycles. The summed E-state index contributed by atoms with van der Waals surface area (Å²) in [5.41, 5.74) is -0.190. The SMILES string of the molecule is COc1ccc(NC2(C(=O)O)CCOCC2C)cc1. The molecule has 2 rings (SSSR count). The van der Waals surface area contributed by atoms with Crippen LogP contribution in [-0.2, 0) is 9.53 Å². The fourth-order valence-electron chi connectivity index (χ4n) is 2.37. The number of hydrogen-bond donors (Lipinski definition) is 2. The van der Waals surface area contributed by atoms with E-state index in [1.807, 2.05) is 31.2 Å². The van der Waals surface area contributed by atoms with E-state index in [1.165, 1.54) is 0 Å². The third-order valence-corrected chi connectivity index (χ3v) is 3.69. The number of anilines is 1. The van der Waals surface area contributed by atoms with E-state index in [0.717, 1.165) is 11.4 Å². The van der Waals surface area contributed by atoms with Gasteiger partial charge in [-0.2, -0.15) is 0 Å². The number of benzene rings is 1. The zero-order valence-corrected chi connectivity index (χ0v) is 11.2. The quantitative estimate of drug-likeness (QED) is 0.871. The highest BCUT2D eigenvalue weighted by Gasteiger charge is 2.45. The number of rotatable bonds is 4. The van der Waals surface area contributed by atoms with Crippen molar-refractivity contribution in [2.75, 3.05) is 25.6 Å². The molecule has 1 aromatic carbocycles. The molecule has 0 radical (unpaired) electrons. The number of methoxy groups -OCH3 is 1. The Morgan fingerprint density at radius 3 is 2.68 bits per heavy atom. The largest absolute Gasteiger partial charge is 0.497 e. The first-order chi connectivity index (χ1) is 9.08. The Morgan fingerprint density at radius 2 is 2.16 bits per heavy atom. The Labute approximate surface area is 112 Å². The van der Waals surface area contributed by atoms with Crippen LogP contribution in [0.4, 0.5) is 5.69 Å². The van der Waals surface area contributed by atoms with E-state index in [1.54, 1.807) is 7.11 Å². The monoisotopic (exact) mass is 265 g/mol. The van der Waals surface area contributed by atoms with Crippen LogP contribution < -0.4 is 10.1 Å². The summed E-state index contributed by atoms with van der Waals surface area (Å²) in [5.74, 6) is -0.185. The normalized spacial score (nSPS) is 26.7. The highest BCUT2D eigenvalue weighted by Crippen LogP contribution is 2.31. The molecule has 1 saturated heterocycles. The van der Waals surface area contributed by atoms with Gasteiger partial charge in [0.25, 0.3) is 0 Å². The van der Waals surface area contributed by atoms with Gasteiger partial charge in [-0.25, -0.2) is 4.79 Å². The fourth-order valence-corrected chi connectivity index (χ4v) is 2.37. The second-order valence-electron chi connectivity index (χ2n) is 4.86. The molecule has 5 heteroatoms. The molecular formula is C14H19NO4. The van der Waals surface area contributed by atoms with Crippen molar-refractivity contribution in [3.63, 3.8) is 0 Å². The van der Waals surface area contributed by atoms with Gasteiger partial charge in [0.05, 0.1) is 13.7 Å². The van der Waals surface area contributed by atoms with E-state index >= 15 is 0 Å². The molecule has 2 unspecified atom stereocenters. The third kappa shape index (κ3) is 2.66. The van der Waals surface area contributed by atoms with E-state index in [0.29, 0.717) is 19.6 Å². The molecule has 104 valence electrons. The summed E-state index contributed by atoms with van der Waals surface area (Å²) >= 11 is 0. The highest BCUT2D eigenvalue weighted by atomic mass is 16.5. The molecule has 1 aliphatic heterocycles. The lowest BCUT2D eigenvalue weighted by atomic mass is 9.81. The molecule has 0 aromatic heterocycles. The van der Waals surface area contributed by atoms with Crippen LogP contribution in [0.3, 0.4) is 0 Å². The van der Waals surface area contributed by atoms with E-state index < -0.39 is 11.5 Å². The van der Waals surface area contributed by atoms with Crippen LogP contribution in [0, 0.1) is 5.92 Å². The number of hydrogen-bond acceptors (Lipinski definition) is 4. The van der Waals surface area contributed by atoms with Crippen LogP contribution in [0.25, 0.3) is 0 Å². The molecule has 0 spiro atoms. The van der Waals surface area contributed by atoms with E-state index in [2.05, 4.69) is 5.32 Å². The lowest BCUT2D eigenvalue weighted by molar-refractivity contribution is -0.148. The van der Waals surface area contributed by atoms with Gasteiger partial charge in [0.15, 0.2) is 0 Å². The smallest absolute Gasteiger partial charge is 0.329 e. The minimum atomic E-state index is -0.965. The Bertz CT molecular complexity index is 445. The predicted octanol–water partition coefficient (Wildman–Crippen LogP) is 1.99. The average Bonchev–Trinajstić information content (AvgIpc) is 2.42. The van der Waals surface area contributed by atoms with Gasteiger partial charge in [-0.3, -0.25) is 0 Å². The van der Waals surface area contributed by atoms with Crippen molar-refractivity contribution in [3.8, 4) is 5.75 Å². The Morgan fingerprint density at radius 1 is 1.47 bits per heavy atom. The first-order valence-electron chi connectivity index (χ1n) is 6.32. The molecule has 1 aromatic rings. The van der Waals surface area contributed by atoms with Crippen LogP contribution in [-0.4, -0.2) is 36.9 Å². The molecule has 5 nitrogen and oxygen atoms in total. The molecule has 0 amide bonds. The maximum Gasteiger partial charge on any atom is 0.329 e. The lowest BCUT2D eigenvalue weighted by Gasteiger charge is -2.40. The van der Waals surface area contributed by atoms with Crippen molar-refractivity contribution in [1.29, 1.82) is 0 Å². The minimum Gasteiger partial charge on any atom is -0.497 e. The van der Waals surface area contributed by atoms with Crippen LogP contribution in [0.15, 0.2) is 24.3 Å². The maximum atomic E-state index is 11.7. The number of nitrogens with one attached hydrogen (secondary N) is 1. The van der Waals surface area contributed by atoms with Crippen molar-refractivity contribution in [3.05, 3.63) is 24.3 Å². The zero-order chi connectivity index (χ0) is 13.9. The molecule has 0 bridgehead atoms. The second-order valence-corrected chi connectivity index (χ2v) is 4.86. The van der Waals surface area contributed by atoms with E-state index in [4.69, 9.17) is 9.47 Å². The van der Waals surface area contributed by atoms with Gasteiger partial charge in [-0.05, 0) is 24.3 Å². The summed E-state index contributed by atoms with van der Waals surface area (Å²) in [7, 11) is 1.60. The molecule has 1 fully saturated rings. The second kappa shape index (κ2) is 5.48. The molecule has 1 heterocycles. The van der Waals surface area contributed by atoms with Gasteiger partial charge in [0, 0.05) is 24.6 Å². The number of carbonyl (C=O) groups is 1. The van der Waals surface area contributed by atoms with Gasteiger partial charge in [-0.1, -0.05) is 6.92 Å². The lowest BCUT2D eigenvalue weighted by Crippen LogP contribution is -2.56. The highest BCUT2D eigenvalue weighted by molar-refractivity contribution is 5.83. The Hall–Kier alpha value is -1.75. The summed E-state index contributed by atoms with van der Waals surface area (Å²) in [6.45, 7) is 2.80. The molecule has 2 atom stereocenters. The summed E-state index contributed by atoms with van der Waals surface area (Å²) < 4.78 is 10.4. The van der Waals surface area contributed by atoms with Crippen molar-refractivity contribution in [1.82, 2.24) is 0 Å². The molecule has 19 heavy (non-hydrogen) atoms. The van der Waals surface area contributed by atoms with Gasteiger partial charge in [0.1, 0.15) is 11.3 Å². The number of aliphatic carboxylic acids is 1. The summed E-state index contributed by atoms with van der Waals surface area (Å²) in [4.78, 5) is 11.7. The van der Waals surface area contributed by atoms with Crippen molar-refractivity contribution in [2.45, 2.75) is 18.9 Å². The Balaban J connectivity index is 2.22. The molecule has 1 aliphatic rings. The van der Waals surface area contributed by atoms with Crippen LogP contribution in [0.5, 0.6) is 5.75 Å². The van der Waals surface area contributed by atoms with E-state index in [9.17, 15) is 9.90 Å². The van der Waals surface area contributed by atoms with Gasteiger partial charge < -0.3 is 19.9 Å². The molecule has 2 N–H and O–H groups in total. The van der Waals surface area contributed by atoms with Crippen LogP contribution in [0.1, 0.15) is 13.3 Å². The number of carboxylic acid groups (broad SMARTS) is 1. The van der Waals surface area contributed by atoms with Gasteiger partial charge in [-0.15, -0.1) is 0 Å². The summed E-state index contributed by atoms with van der Waals surface area (Å²) in [6, 6.07) is 7.27. The Kier molecular flexibility index (Phi) is 3.95. The average molecular weight is 265 g/mol. The first-order valence-corrected chi connectivity index (χ1v) is 6.32. The maximum absolute atomic E-state index is 11.7. The number of carboxylic acids is 1. The van der Waals surface area contributed by atoms with Crippen molar-refractivity contribution >= 4 is 11.7 Å². The molecule has 0 aliphatic carbocycles. The summed E-state index contributed by atoms with van der Waals surface area (Å²) in [6.07, 6.45) is 0.454. The topological polar surface area (TPSA) is 67.8 Å². The fraction of sp³-hybridized carbons (Fsp3) is 0.500. The third-order valence-electron chi connectivity index (χ3n) is 3.69. The molecular weight excluding hydrogens is 246 g/mol. The first kappa shape index (κ1) is 13.7. The number of ether oxygens (including phenoxy) is 2. The standard InChI is InChI=1S/C14H19NO4/c1-10-9-19-8-7-14(10,13(16)17)15-11-3-5-12(18-2)6-4-11/h3-6,10,15H,7-9H2,1-2H3,(H,16,17). The van der Waals surface area contributed by atoms with Crippen LogP contribution >= 0.6 is 0 Å². The van der Waals surface area contributed by atoms with Crippen LogP contribution in [0.2, 0.25) is 0 Å². The van der Waals surface area contributed by atoms with E-state index in [-0.39, 0.29) is 5.92 Å². The van der Waals surface area contributed by atoms with Crippen molar-refractivity contribution in [2.24, 2.45) is 5.92 Å². The minimum absolute atomic E-state index is 0.0964. The zero-order valence-electron chi connectivity index (χ0n) is 11.2. The van der Waals surface area contributed by atoms with Gasteiger partial charge >= 0.3 is 5.97 Å². The summed E-state index contributed by atoms with van der Waals surface area (Å²) in [5, 5.41) is 12.7.